The predicted octanol–water partition coefficient (Wildman–Crippen LogP) is 2.01. The molecule has 4 N–H and O–H groups in total. The molecule has 8 heteroatoms. The van der Waals surface area contributed by atoms with Crippen molar-refractivity contribution >= 4 is 23.2 Å². The standard InChI is InChI=1S/C19H19ClN4O3/c1-10-18(26)15(13(9-25)6-21-10)8-24-7-12-4-11-2-3-14(20)5-16(11)22-17(12)19(27)23-24/h2-3,5-6,22,25-26H,4,7-9H2,1H3,(H,23,27). The number of rotatable bonds is 3. The number of hydrazine groups is 1. The molecule has 0 atom stereocenters. The maximum Gasteiger partial charge on any atom is 0.282 e. The third kappa shape index (κ3) is 3.25. The van der Waals surface area contributed by atoms with Crippen LogP contribution in [0.5, 0.6) is 5.75 Å². The van der Waals surface area contributed by atoms with Gasteiger partial charge in [-0.2, -0.15) is 0 Å². The van der Waals surface area contributed by atoms with Gasteiger partial charge in [0.2, 0.25) is 0 Å². The van der Waals surface area contributed by atoms with Crippen LogP contribution in [-0.4, -0.2) is 32.7 Å². The normalized spacial score (nSPS) is 16.5. The Morgan fingerprint density at radius 2 is 2.19 bits per heavy atom. The van der Waals surface area contributed by atoms with Crippen molar-refractivity contribution in [2.24, 2.45) is 0 Å². The van der Waals surface area contributed by atoms with Crippen LogP contribution in [0.1, 0.15) is 22.4 Å². The topological polar surface area (TPSA) is 97.7 Å². The molecule has 1 aromatic heterocycles. The molecule has 2 aromatic rings. The first kappa shape index (κ1) is 17.8. The third-order valence-electron chi connectivity index (χ3n) is 4.91. The highest BCUT2D eigenvalue weighted by Crippen LogP contribution is 2.33. The number of aryl methyl sites for hydroxylation is 1. The quantitative estimate of drug-likeness (QED) is 0.644. The number of hydrogen-bond acceptors (Lipinski definition) is 6. The number of carbonyl (C=O) groups excluding carboxylic acids is 1. The average molecular weight is 387 g/mol. The maximum absolute atomic E-state index is 12.6. The van der Waals surface area contributed by atoms with E-state index in [0.717, 1.165) is 16.8 Å². The van der Waals surface area contributed by atoms with Crippen LogP contribution >= 0.6 is 11.6 Å². The van der Waals surface area contributed by atoms with Crippen LogP contribution in [-0.2, 0) is 24.4 Å². The number of benzene rings is 1. The first-order chi connectivity index (χ1) is 13.0. The summed E-state index contributed by atoms with van der Waals surface area (Å²) in [5, 5.41) is 25.4. The van der Waals surface area contributed by atoms with Gasteiger partial charge in [-0.05, 0) is 36.6 Å². The van der Waals surface area contributed by atoms with Crippen molar-refractivity contribution in [2.45, 2.75) is 26.5 Å². The molecule has 7 nitrogen and oxygen atoms in total. The lowest BCUT2D eigenvalue weighted by Crippen LogP contribution is -2.50. The molecule has 27 heavy (non-hydrogen) atoms. The third-order valence-corrected chi connectivity index (χ3v) is 5.14. The van der Waals surface area contributed by atoms with Gasteiger partial charge in [-0.1, -0.05) is 17.7 Å². The smallest absolute Gasteiger partial charge is 0.282 e. The van der Waals surface area contributed by atoms with E-state index in [1.54, 1.807) is 18.1 Å². The number of anilines is 1. The fourth-order valence-electron chi connectivity index (χ4n) is 3.47. The number of aromatic hydroxyl groups is 1. The van der Waals surface area contributed by atoms with E-state index in [-0.39, 0.29) is 24.8 Å². The van der Waals surface area contributed by atoms with Gasteiger partial charge in [-0.25, -0.2) is 5.01 Å². The molecule has 140 valence electrons. The summed E-state index contributed by atoms with van der Waals surface area (Å²) in [4.78, 5) is 16.7. The summed E-state index contributed by atoms with van der Waals surface area (Å²) < 4.78 is 0. The van der Waals surface area contributed by atoms with Gasteiger partial charge in [0.15, 0.2) is 0 Å². The van der Waals surface area contributed by atoms with Crippen molar-refractivity contribution in [3.63, 3.8) is 0 Å². The monoisotopic (exact) mass is 386 g/mol. The van der Waals surface area contributed by atoms with E-state index in [4.69, 9.17) is 11.6 Å². The lowest BCUT2D eigenvalue weighted by molar-refractivity contribution is -0.123. The Bertz CT molecular complexity index is 974. The highest BCUT2D eigenvalue weighted by Gasteiger charge is 2.30. The summed E-state index contributed by atoms with van der Waals surface area (Å²) in [6, 6.07) is 5.60. The van der Waals surface area contributed by atoms with E-state index in [1.165, 1.54) is 0 Å². The van der Waals surface area contributed by atoms with E-state index in [1.807, 2.05) is 18.2 Å². The van der Waals surface area contributed by atoms with Crippen LogP contribution < -0.4 is 10.7 Å². The highest BCUT2D eigenvalue weighted by molar-refractivity contribution is 6.30. The maximum atomic E-state index is 12.6. The van der Waals surface area contributed by atoms with Crippen LogP contribution in [0, 0.1) is 6.92 Å². The molecule has 1 aromatic carbocycles. The van der Waals surface area contributed by atoms with Gasteiger partial charge < -0.3 is 15.5 Å². The number of pyridine rings is 1. The number of amides is 1. The van der Waals surface area contributed by atoms with Gasteiger partial charge >= 0.3 is 0 Å². The Morgan fingerprint density at radius 3 is 2.96 bits per heavy atom. The van der Waals surface area contributed by atoms with Crippen LogP contribution in [0.15, 0.2) is 35.7 Å². The lowest BCUT2D eigenvalue weighted by Gasteiger charge is -2.34. The summed E-state index contributed by atoms with van der Waals surface area (Å²) in [5.41, 5.74) is 7.83. The second kappa shape index (κ2) is 6.84. The Kier molecular flexibility index (Phi) is 4.51. The number of aliphatic hydroxyl groups is 1. The summed E-state index contributed by atoms with van der Waals surface area (Å²) >= 11 is 6.04. The molecule has 0 spiro atoms. The molecule has 2 aliphatic heterocycles. The van der Waals surface area contributed by atoms with Crippen LogP contribution in [0.4, 0.5) is 5.69 Å². The lowest BCUT2D eigenvalue weighted by atomic mass is 9.95. The Balaban J connectivity index is 1.60. The van der Waals surface area contributed by atoms with E-state index in [9.17, 15) is 15.0 Å². The van der Waals surface area contributed by atoms with E-state index in [0.29, 0.717) is 40.5 Å². The molecule has 0 fully saturated rings. The van der Waals surface area contributed by atoms with E-state index in [2.05, 4.69) is 15.7 Å². The number of nitrogens with one attached hydrogen (secondary N) is 2. The van der Waals surface area contributed by atoms with Crippen LogP contribution in [0.2, 0.25) is 5.02 Å². The van der Waals surface area contributed by atoms with Gasteiger partial charge in [-0.3, -0.25) is 15.2 Å². The van der Waals surface area contributed by atoms with Crippen molar-refractivity contribution in [2.75, 3.05) is 11.9 Å². The molecule has 3 heterocycles. The van der Waals surface area contributed by atoms with Gasteiger partial charge in [0.05, 0.1) is 12.3 Å². The molecule has 0 radical (unpaired) electrons. The fourth-order valence-corrected chi connectivity index (χ4v) is 3.64. The van der Waals surface area contributed by atoms with Crippen molar-refractivity contribution in [3.8, 4) is 5.75 Å². The molecular weight excluding hydrogens is 368 g/mol. The molecule has 0 saturated heterocycles. The first-order valence-electron chi connectivity index (χ1n) is 8.57. The number of carbonyl (C=O) groups is 1. The zero-order chi connectivity index (χ0) is 19.1. The molecule has 0 saturated carbocycles. The minimum absolute atomic E-state index is 0.0392. The van der Waals surface area contributed by atoms with Crippen molar-refractivity contribution in [1.29, 1.82) is 0 Å². The number of hydrogen-bond donors (Lipinski definition) is 4. The van der Waals surface area contributed by atoms with Gasteiger partial charge in [0, 0.05) is 41.1 Å². The Hall–Kier alpha value is -2.61. The first-order valence-corrected chi connectivity index (χ1v) is 8.94. The zero-order valence-electron chi connectivity index (χ0n) is 14.7. The summed E-state index contributed by atoms with van der Waals surface area (Å²) in [5.74, 6) is -0.199. The van der Waals surface area contributed by atoms with Gasteiger partial charge in [0.1, 0.15) is 11.4 Å². The molecule has 0 bridgehead atoms. The molecule has 0 unspecified atom stereocenters. The highest BCUT2D eigenvalue weighted by atomic mass is 35.5. The Labute approximate surface area is 161 Å². The van der Waals surface area contributed by atoms with Crippen molar-refractivity contribution < 1.29 is 15.0 Å². The molecular formula is C19H19ClN4O3. The van der Waals surface area contributed by atoms with Crippen molar-refractivity contribution in [3.05, 3.63) is 63.1 Å². The number of nitrogens with zero attached hydrogens (tertiary/aromatic N) is 2. The molecule has 0 aliphatic carbocycles. The predicted molar refractivity (Wildman–Crippen MR) is 101 cm³/mol. The Morgan fingerprint density at radius 1 is 1.37 bits per heavy atom. The number of fused-ring (bicyclic) bond motifs is 1. The zero-order valence-corrected chi connectivity index (χ0v) is 15.5. The molecule has 1 amide bonds. The van der Waals surface area contributed by atoms with Gasteiger partial charge in [-0.15, -0.1) is 0 Å². The minimum atomic E-state index is -0.238. The second-order valence-electron chi connectivity index (χ2n) is 6.73. The second-order valence-corrected chi connectivity index (χ2v) is 7.17. The minimum Gasteiger partial charge on any atom is -0.506 e. The van der Waals surface area contributed by atoms with E-state index >= 15 is 0 Å². The largest absolute Gasteiger partial charge is 0.506 e. The SMILES string of the molecule is Cc1ncc(CO)c(CN2CC3=C(Nc4cc(Cl)ccc4C3)C(=O)N2)c1O. The van der Waals surface area contributed by atoms with E-state index < -0.39 is 0 Å². The summed E-state index contributed by atoms with van der Waals surface area (Å²) in [6.07, 6.45) is 2.19. The number of aromatic nitrogens is 1. The average Bonchev–Trinajstić information content (AvgIpc) is 2.64. The molecule has 2 aliphatic rings. The van der Waals surface area contributed by atoms with Crippen LogP contribution in [0.25, 0.3) is 0 Å². The summed E-state index contributed by atoms with van der Waals surface area (Å²) in [6.45, 7) is 2.23. The molecule has 4 rings (SSSR count). The number of halogens is 1. The van der Waals surface area contributed by atoms with Crippen molar-refractivity contribution in [1.82, 2.24) is 15.4 Å². The fraction of sp³-hybridized carbons (Fsp3) is 0.263. The van der Waals surface area contributed by atoms with Crippen LogP contribution in [0.3, 0.4) is 0 Å². The van der Waals surface area contributed by atoms with Gasteiger partial charge in [0.25, 0.3) is 5.91 Å². The summed E-state index contributed by atoms with van der Waals surface area (Å²) in [7, 11) is 0. The number of aliphatic hydroxyl groups excluding tert-OH is 1.